The molecular weight excluding hydrogens is 172 g/mol. The molecule has 0 N–H and O–H groups in total. The van der Waals surface area contributed by atoms with E-state index >= 15 is 0 Å². The molecule has 0 bridgehead atoms. The maximum absolute atomic E-state index is 11.9. The molecule has 2 aliphatic carbocycles. The molecule has 14 heavy (non-hydrogen) atoms. The molecule has 1 heteroatoms. The zero-order chi connectivity index (χ0) is 9.97. The van der Waals surface area contributed by atoms with Crippen molar-refractivity contribution in [3.63, 3.8) is 0 Å². The van der Waals surface area contributed by atoms with Crippen LogP contribution in [-0.4, -0.2) is 5.78 Å². The Balaban J connectivity index is 1.71. The molecule has 0 saturated heterocycles. The van der Waals surface area contributed by atoms with Crippen molar-refractivity contribution in [2.45, 2.75) is 58.3 Å². The van der Waals surface area contributed by atoms with Gasteiger partial charge in [-0.3, -0.25) is 4.79 Å². The Labute approximate surface area is 87.3 Å². The average Bonchev–Trinajstić information content (AvgIpc) is 2.97. The van der Waals surface area contributed by atoms with E-state index in [4.69, 9.17) is 0 Å². The van der Waals surface area contributed by atoms with Crippen molar-refractivity contribution >= 4 is 5.78 Å². The SMILES string of the molecule is CC1CCCC(C(=O)CCC2CC2)C1. The third kappa shape index (κ3) is 2.83. The quantitative estimate of drug-likeness (QED) is 0.668. The van der Waals surface area contributed by atoms with Crippen LogP contribution in [0.1, 0.15) is 58.3 Å². The number of rotatable bonds is 4. The second-order valence-corrected chi connectivity index (χ2v) is 5.42. The summed E-state index contributed by atoms with van der Waals surface area (Å²) in [5, 5.41) is 0. The van der Waals surface area contributed by atoms with Crippen molar-refractivity contribution in [2.24, 2.45) is 17.8 Å². The number of Topliss-reactive ketones (excluding diaryl/α,β-unsaturated/α-hetero) is 1. The van der Waals surface area contributed by atoms with Gasteiger partial charge < -0.3 is 0 Å². The van der Waals surface area contributed by atoms with Crippen LogP contribution in [0.25, 0.3) is 0 Å². The van der Waals surface area contributed by atoms with Crippen molar-refractivity contribution in [3.05, 3.63) is 0 Å². The van der Waals surface area contributed by atoms with E-state index in [9.17, 15) is 4.79 Å². The van der Waals surface area contributed by atoms with Crippen LogP contribution < -0.4 is 0 Å². The standard InChI is InChI=1S/C13H22O/c1-10-3-2-4-12(9-10)13(14)8-7-11-5-6-11/h10-12H,2-9H2,1H3. The normalized spacial score (nSPS) is 32.9. The highest BCUT2D eigenvalue weighted by Crippen LogP contribution is 2.35. The predicted octanol–water partition coefficient (Wildman–Crippen LogP) is 3.57. The second kappa shape index (κ2) is 4.46. The average molecular weight is 194 g/mol. The molecule has 0 heterocycles. The Bertz CT molecular complexity index is 205. The van der Waals surface area contributed by atoms with E-state index in [0.717, 1.165) is 18.3 Å². The Morgan fingerprint density at radius 3 is 2.64 bits per heavy atom. The second-order valence-electron chi connectivity index (χ2n) is 5.42. The van der Waals surface area contributed by atoms with E-state index in [1.807, 2.05) is 0 Å². The summed E-state index contributed by atoms with van der Waals surface area (Å²) in [4.78, 5) is 11.9. The lowest BCUT2D eigenvalue weighted by Crippen LogP contribution is -2.21. The molecule has 2 rings (SSSR count). The number of carbonyl (C=O) groups is 1. The zero-order valence-electron chi connectivity index (χ0n) is 9.30. The van der Waals surface area contributed by atoms with Gasteiger partial charge in [0.1, 0.15) is 5.78 Å². The zero-order valence-corrected chi connectivity index (χ0v) is 9.30. The minimum Gasteiger partial charge on any atom is -0.299 e. The van der Waals surface area contributed by atoms with Crippen molar-refractivity contribution in [3.8, 4) is 0 Å². The molecule has 2 fully saturated rings. The molecule has 0 aromatic rings. The molecule has 1 nitrogen and oxygen atoms in total. The first-order chi connectivity index (χ1) is 6.75. The Hall–Kier alpha value is -0.330. The van der Waals surface area contributed by atoms with Crippen LogP contribution in [0.4, 0.5) is 0 Å². The van der Waals surface area contributed by atoms with E-state index in [0.29, 0.717) is 11.7 Å². The maximum Gasteiger partial charge on any atom is 0.135 e. The summed E-state index contributed by atoms with van der Waals surface area (Å²) in [5.74, 6) is 2.71. The molecule has 0 aliphatic heterocycles. The lowest BCUT2D eigenvalue weighted by Gasteiger charge is -2.25. The first kappa shape index (κ1) is 10.2. The van der Waals surface area contributed by atoms with E-state index in [1.54, 1.807) is 0 Å². The van der Waals surface area contributed by atoms with Gasteiger partial charge in [0.25, 0.3) is 0 Å². The van der Waals surface area contributed by atoms with E-state index < -0.39 is 0 Å². The molecule has 0 amide bonds. The fraction of sp³-hybridized carbons (Fsp3) is 0.923. The fourth-order valence-electron chi connectivity index (χ4n) is 2.68. The molecule has 0 aromatic carbocycles. The van der Waals surface area contributed by atoms with Gasteiger partial charge in [0.05, 0.1) is 0 Å². The predicted molar refractivity (Wildman–Crippen MR) is 58.1 cm³/mol. The first-order valence-electron chi connectivity index (χ1n) is 6.28. The summed E-state index contributed by atoms with van der Waals surface area (Å²) in [7, 11) is 0. The molecule has 80 valence electrons. The molecule has 0 aromatic heterocycles. The van der Waals surface area contributed by atoms with Gasteiger partial charge in [0.2, 0.25) is 0 Å². The van der Waals surface area contributed by atoms with Crippen molar-refractivity contribution in [1.29, 1.82) is 0 Å². The van der Waals surface area contributed by atoms with Gasteiger partial charge in [0.15, 0.2) is 0 Å². The van der Waals surface area contributed by atoms with Crippen molar-refractivity contribution in [1.82, 2.24) is 0 Å². The van der Waals surface area contributed by atoms with Crippen molar-refractivity contribution in [2.75, 3.05) is 0 Å². The minimum absolute atomic E-state index is 0.428. The van der Waals surface area contributed by atoms with Crippen LogP contribution >= 0.6 is 0 Å². The molecular formula is C13H22O. The molecule has 2 saturated carbocycles. The smallest absolute Gasteiger partial charge is 0.135 e. The van der Waals surface area contributed by atoms with Gasteiger partial charge in [0, 0.05) is 12.3 Å². The van der Waals surface area contributed by atoms with Gasteiger partial charge in [-0.05, 0) is 31.1 Å². The highest BCUT2D eigenvalue weighted by Gasteiger charge is 2.27. The molecule has 2 atom stereocenters. The Kier molecular flexibility index (Phi) is 3.25. The summed E-state index contributed by atoms with van der Waals surface area (Å²) in [6, 6.07) is 0. The number of ketones is 1. The minimum atomic E-state index is 0.428. The third-order valence-electron chi connectivity index (χ3n) is 3.89. The van der Waals surface area contributed by atoms with Crippen LogP contribution in [0.15, 0.2) is 0 Å². The number of carbonyl (C=O) groups excluding carboxylic acids is 1. The van der Waals surface area contributed by atoms with E-state index in [-0.39, 0.29) is 0 Å². The van der Waals surface area contributed by atoms with E-state index in [1.165, 1.54) is 44.9 Å². The Morgan fingerprint density at radius 2 is 2.00 bits per heavy atom. The first-order valence-corrected chi connectivity index (χ1v) is 6.28. The van der Waals surface area contributed by atoms with Crippen molar-refractivity contribution < 1.29 is 4.79 Å². The number of hydrogen-bond donors (Lipinski definition) is 0. The third-order valence-corrected chi connectivity index (χ3v) is 3.89. The van der Waals surface area contributed by atoms with Gasteiger partial charge in [-0.1, -0.05) is 32.6 Å². The van der Waals surface area contributed by atoms with Crippen LogP contribution in [0, 0.1) is 17.8 Å². The molecule has 2 aliphatic rings. The highest BCUT2D eigenvalue weighted by molar-refractivity contribution is 5.81. The molecule has 0 radical (unpaired) electrons. The highest BCUT2D eigenvalue weighted by atomic mass is 16.1. The lowest BCUT2D eigenvalue weighted by atomic mass is 9.79. The van der Waals surface area contributed by atoms with Crippen LogP contribution in [0.2, 0.25) is 0 Å². The monoisotopic (exact) mass is 194 g/mol. The molecule has 2 unspecified atom stereocenters. The van der Waals surface area contributed by atoms with Gasteiger partial charge in [-0.25, -0.2) is 0 Å². The maximum atomic E-state index is 11.9. The van der Waals surface area contributed by atoms with Crippen LogP contribution in [-0.2, 0) is 4.79 Å². The van der Waals surface area contributed by atoms with Crippen LogP contribution in [0.5, 0.6) is 0 Å². The largest absolute Gasteiger partial charge is 0.299 e. The topological polar surface area (TPSA) is 17.1 Å². The molecule has 0 spiro atoms. The van der Waals surface area contributed by atoms with E-state index in [2.05, 4.69) is 6.92 Å². The summed E-state index contributed by atoms with van der Waals surface area (Å²) in [6.45, 7) is 2.29. The van der Waals surface area contributed by atoms with Crippen LogP contribution in [0.3, 0.4) is 0 Å². The number of hydrogen-bond acceptors (Lipinski definition) is 1. The fourth-order valence-corrected chi connectivity index (χ4v) is 2.68. The lowest BCUT2D eigenvalue weighted by molar-refractivity contribution is -0.124. The van der Waals surface area contributed by atoms with Gasteiger partial charge in [-0.2, -0.15) is 0 Å². The summed E-state index contributed by atoms with van der Waals surface area (Å²) < 4.78 is 0. The van der Waals surface area contributed by atoms with Gasteiger partial charge in [-0.15, -0.1) is 0 Å². The summed E-state index contributed by atoms with van der Waals surface area (Å²) >= 11 is 0. The summed E-state index contributed by atoms with van der Waals surface area (Å²) in [6.07, 6.45) is 9.79. The summed E-state index contributed by atoms with van der Waals surface area (Å²) in [5.41, 5.74) is 0. The Morgan fingerprint density at radius 1 is 1.21 bits per heavy atom. The van der Waals surface area contributed by atoms with Gasteiger partial charge >= 0.3 is 0 Å².